The van der Waals surface area contributed by atoms with Crippen molar-refractivity contribution in [2.45, 2.75) is 71.8 Å². The van der Waals surface area contributed by atoms with Gasteiger partial charge in [0.25, 0.3) is 0 Å². The minimum Gasteiger partial charge on any atom is -0.314 e. The summed E-state index contributed by atoms with van der Waals surface area (Å²) in [5.74, 6) is 1.92. The van der Waals surface area contributed by atoms with Crippen molar-refractivity contribution in [3.8, 4) is 0 Å². The maximum Gasteiger partial charge on any atom is 0.00698 e. The van der Waals surface area contributed by atoms with Crippen LogP contribution in [0.25, 0.3) is 0 Å². The van der Waals surface area contributed by atoms with Gasteiger partial charge in [-0.3, -0.25) is 0 Å². The lowest BCUT2D eigenvalue weighted by Gasteiger charge is -2.13. The maximum atomic E-state index is 3.66. The molecule has 1 fully saturated rings. The molecule has 1 nitrogen and oxygen atoms in total. The molecule has 2 unspecified atom stereocenters. The second-order valence-electron chi connectivity index (χ2n) is 5.65. The van der Waals surface area contributed by atoms with Crippen molar-refractivity contribution in [1.29, 1.82) is 0 Å². The molecule has 15 heavy (non-hydrogen) atoms. The van der Waals surface area contributed by atoms with Crippen molar-refractivity contribution in [3.05, 3.63) is 0 Å². The molecule has 0 aromatic carbocycles. The van der Waals surface area contributed by atoms with Crippen molar-refractivity contribution in [3.63, 3.8) is 0 Å². The van der Waals surface area contributed by atoms with Gasteiger partial charge in [-0.2, -0.15) is 0 Å². The highest BCUT2D eigenvalue weighted by molar-refractivity contribution is 4.80. The van der Waals surface area contributed by atoms with E-state index in [9.17, 15) is 0 Å². The van der Waals surface area contributed by atoms with Crippen LogP contribution in [0.4, 0.5) is 0 Å². The van der Waals surface area contributed by atoms with Crippen LogP contribution in [0.5, 0.6) is 0 Å². The van der Waals surface area contributed by atoms with E-state index in [2.05, 4.69) is 26.1 Å². The molecule has 0 bridgehead atoms. The molecule has 0 aromatic rings. The molecule has 1 aliphatic carbocycles. The molecule has 0 spiro atoms. The monoisotopic (exact) mass is 211 g/mol. The van der Waals surface area contributed by atoms with Crippen LogP contribution in [0, 0.1) is 11.8 Å². The van der Waals surface area contributed by atoms with E-state index < -0.39 is 0 Å². The smallest absolute Gasteiger partial charge is 0.00698 e. The molecule has 90 valence electrons. The lowest BCUT2D eigenvalue weighted by Crippen LogP contribution is -2.26. The molecule has 1 rings (SSSR count). The highest BCUT2D eigenvalue weighted by Gasteiger charge is 2.23. The van der Waals surface area contributed by atoms with E-state index in [1.165, 1.54) is 51.5 Å². The molecule has 1 heteroatoms. The van der Waals surface area contributed by atoms with E-state index in [4.69, 9.17) is 0 Å². The van der Waals surface area contributed by atoms with Crippen LogP contribution in [0.3, 0.4) is 0 Å². The number of rotatable bonds is 7. The van der Waals surface area contributed by atoms with Gasteiger partial charge in [-0.1, -0.05) is 40.0 Å². The van der Waals surface area contributed by atoms with Crippen LogP contribution >= 0.6 is 0 Å². The Kier molecular flexibility index (Phi) is 6.31. The Labute approximate surface area is 96.0 Å². The standard InChI is InChI=1S/C14H29N/c1-4-10-15-14-9-8-13(11-14)7-5-6-12(2)3/h12-15H,4-11H2,1-3H3. The molecular weight excluding hydrogens is 182 g/mol. The third-order valence-corrected chi connectivity index (χ3v) is 3.62. The minimum absolute atomic E-state index is 0.842. The molecule has 0 heterocycles. The van der Waals surface area contributed by atoms with Gasteiger partial charge in [0.1, 0.15) is 0 Å². The molecule has 2 atom stereocenters. The summed E-state index contributed by atoms with van der Waals surface area (Å²) in [6.07, 6.45) is 9.95. The fourth-order valence-electron chi connectivity index (χ4n) is 2.69. The molecule has 1 aliphatic rings. The average Bonchev–Trinajstić information content (AvgIpc) is 2.62. The first kappa shape index (κ1) is 13.0. The van der Waals surface area contributed by atoms with Gasteiger partial charge in [-0.05, 0) is 44.1 Å². The molecule has 0 saturated heterocycles. The first-order chi connectivity index (χ1) is 7.22. The Bertz CT molecular complexity index is 153. The van der Waals surface area contributed by atoms with Crippen molar-refractivity contribution >= 4 is 0 Å². The van der Waals surface area contributed by atoms with Crippen LogP contribution in [-0.2, 0) is 0 Å². The lowest BCUT2D eigenvalue weighted by molar-refractivity contribution is 0.425. The first-order valence-corrected chi connectivity index (χ1v) is 6.95. The zero-order chi connectivity index (χ0) is 11.1. The van der Waals surface area contributed by atoms with Crippen LogP contribution in [0.1, 0.15) is 65.7 Å². The average molecular weight is 211 g/mol. The summed E-state index contributed by atoms with van der Waals surface area (Å²) in [4.78, 5) is 0. The second kappa shape index (κ2) is 7.27. The zero-order valence-electron chi connectivity index (χ0n) is 10.9. The molecule has 0 amide bonds. The summed E-state index contributed by atoms with van der Waals surface area (Å²) in [6.45, 7) is 8.13. The summed E-state index contributed by atoms with van der Waals surface area (Å²) >= 11 is 0. The molecule has 1 N–H and O–H groups in total. The van der Waals surface area contributed by atoms with Gasteiger partial charge < -0.3 is 5.32 Å². The number of hydrogen-bond donors (Lipinski definition) is 1. The van der Waals surface area contributed by atoms with Crippen molar-refractivity contribution in [2.24, 2.45) is 11.8 Å². The Hall–Kier alpha value is -0.0400. The van der Waals surface area contributed by atoms with Gasteiger partial charge in [0.15, 0.2) is 0 Å². The van der Waals surface area contributed by atoms with Crippen molar-refractivity contribution < 1.29 is 0 Å². The van der Waals surface area contributed by atoms with Crippen LogP contribution in [0.15, 0.2) is 0 Å². The quantitative estimate of drug-likeness (QED) is 0.671. The van der Waals surface area contributed by atoms with E-state index >= 15 is 0 Å². The lowest BCUT2D eigenvalue weighted by atomic mass is 9.97. The third-order valence-electron chi connectivity index (χ3n) is 3.62. The third kappa shape index (κ3) is 5.55. The van der Waals surface area contributed by atoms with Crippen LogP contribution in [-0.4, -0.2) is 12.6 Å². The fourth-order valence-corrected chi connectivity index (χ4v) is 2.69. The summed E-state index contributed by atoms with van der Waals surface area (Å²) in [7, 11) is 0. The number of hydrogen-bond acceptors (Lipinski definition) is 1. The van der Waals surface area contributed by atoms with Crippen LogP contribution < -0.4 is 5.32 Å². The van der Waals surface area contributed by atoms with Crippen molar-refractivity contribution in [1.82, 2.24) is 5.32 Å². The van der Waals surface area contributed by atoms with Gasteiger partial charge in [0.2, 0.25) is 0 Å². The predicted octanol–water partition coefficient (Wildman–Crippen LogP) is 3.98. The number of nitrogens with one attached hydrogen (secondary N) is 1. The van der Waals surface area contributed by atoms with E-state index in [1.807, 2.05) is 0 Å². The maximum absolute atomic E-state index is 3.66. The van der Waals surface area contributed by atoms with E-state index in [1.54, 1.807) is 0 Å². The Morgan fingerprint density at radius 3 is 2.73 bits per heavy atom. The Morgan fingerprint density at radius 2 is 2.07 bits per heavy atom. The summed E-state index contributed by atoms with van der Waals surface area (Å²) < 4.78 is 0. The Balaban J connectivity index is 2.03. The zero-order valence-corrected chi connectivity index (χ0v) is 10.9. The normalized spacial score (nSPS) is 26.4. The summed E-state index contributed by atoms with van der Waals surface area (Å²) in [6, 6.07) is 0.842. The van der Waals surface area contributed by atoms with E-state index in [0.29, 0.717) is 0 Å². The Morgan fingerprint density at radius 1 is 1.27 bits per heavy atom. The van der Waals surface area contributed by atoms with E-state index in [0.717, 1.165) is 17.9 Å². The van der Waals surface area contributed by atoms with Gasteiger partial charge in [-0.25, -0.2) is 0 Å². The van der Waals surface area contributed by atoms with Gasteiger partial charge in [-0.15, -0.1) is 0 Å². The van der Waals surface area contributed by atoms with Crippen molar-refractivity contribution in [2.75, 3.05) is 6.54 Å². The first-order valence-electron chi connectivity index (χ1n) is 6.95. The largest absolute Gasteiger partial charge is 0.314 e. The molecule has 0 radical (unpaired) electrons. The SMILES string of the molecule is CCCNC1CCC(CCCC(C)C)C1. The molecule has 1 saturated carbocycles. The summed E-state index contributed by atoms with van der Waals surface area (Å²) in [5.41, 5.74) is 0. The topological polar surface area (TPSA) is 12.0 Å². The van der Waals surface area contributed by atoms with E-state index in [-0.39, 0.29) is 0 Å². The molecule has 0 aromatic heterocycles. The second-order valence-corrected chi connectivity index (χ2v) is 5.65. The highest BCUT2D eigenvalue weighted by atomic mass is 14.9. The minimum atomic E-state index is 0.842. The van der Waals surface area contributed by atoms with Gasteiger partial charge >= 0.3 is 0 Å². The predicted molar refractivity (Wildman–Crippen MR) is 68.1 cm³/mol. The summed E-state index contributed by atoms with van der Waals surface area (Å²) in [5, 5.41) is 3.66. The highest BCUT2D eigenvalue weighted by Crippen LogP contribution is 2.30. The van der Waals surface area contributed by atoms with Crippen LogP contribution in [0.2, 0.25) is 0 Å². The van der Waals surface area contributed by atoms with Gasteiger partial charge in [0.05, 0.1) is 0 Å². The van der Waals surface area contributed by atoms with Gasteiger partial charge in [0, 0.05) is 6.04 Å². The fraction of sp³-hybridized carbons (Fsp3) is 1.00. The molecular formula is C14H29N. The molecule has 0 aliphatic heterocycles.